The zero-order valence-electron chi connectivity index (χ0n) is 11.7. The molecule has 0 spiro atoms. The maximum atomic E-state index is 6.07. The number of methoxy groups -OCH3 is 1. The molecular formula is C13H29N3O. The first-order valence-corrected chi connectivity index (χ1v) is 6.84. The summed E-state index contributed by atoms with van der Waals surface area (Å²) >= 11 is 0. The van der Waals surface area contributed by atoms with Gasteiger partial charge in [0.25, 0.3) is 0 Å². The van der Waals surface area contributed by atoms with Crippen molar-refractivity contribution in [1.29, 1.82) is 0 Å². The first-order chi connectivity index (χ1) is 8.17. The van der Waals surface area contributed by atoms with Crippen LogP contribution in [0.1, 0.15) is 26.2 Å². The van der Waals surface area contributed by atoms with E-state index in [9.17, 15) is 0 Å². The molecule has 2 unspecified atom stereocenters. The van der Waals surface area contributed by atoms with Gasteiger partial charge >= 0.3 is 0 Å². The monoisotopic (exact) mass is 243 g/mol. The number of likely N-dealkylation sites (tertiary alicyclic amines) is 1. The maximum absolute atomic E-state index is 6.07. The maximum Gasteiger partial charge on any atom is 0.0477 e. The molecule has 0 aromatic carbocycles. The SMILES string of the molecule is CCN1CCCC1CN(C)CC(N)CCOC. The predicted octanol–water partition coefficient (Wildman–Crippen LogP) is 0.766. The largest absolute Gasteiger partial charge is 0.385 e. The van der Waals surface area contributed by atoms with E-state index in [0.717, 1.165) is 32.2 Å². The van der Waals surface area contributed by atoms with Crippen LogP contribution in [-0.4, -0.2) is 68.8 Å². The quantitative estimate of drug-likeness (QED) is 0.683. The summed E-state index contributed by atoms with van der Waals surface area (Å²) in [6.07, 6.45) is 3.64. The van der Waals surface area contributed by atoms with E-state index in [4.69, 9.17) is 10.5 Å². The van der Waals surface area contributed by atoms with Crippen LogP contribution in [0.4, 0.5) is 0 Å². The minimum atomic E-state index is 0.233. The lowest BCUT2D eigenvalue weighted by Crippen LogP contribution is -2.43. The summed E-state index contributed by atoms with van der Waals surface area (Å²) < 4.78 is 5.06. The molecule has 4 heteroatoms. The van der Waals surface area contributed by atoms with Crippen LogP contribution in [-0.2, 0) is 4.74 Å². The standard InChI is InChI=1S/C13H29N3O/c1-4-16-8-5-6-13(16)11-15(2)10-12(14)7-9-17-3/h12-13H,4-11,14H2,1-3H3. The first-order valence-electron chi connectivity index (χ1n) is 6.84. The molecule has 2 N–H and O–H groups in total. The van der Waals surface area contributed by atoms with E-state index >= 15 is 0 Å². The fourth-order valence-corrected chi connectivity index (χ4v) is 2.71. The van der Waals surface area contributed by atoms with Crippen LogP contribution in [0.5, 0.6) is 0 Å². The van der Waals surface area contributed by atoms with E-state index in [1.165, 1.54) is 25.9 Å². The Morgan fingerprint density at radius 1 is 1.53 bits per heavy atom. The average Bonchev–Trinajstić information content (AvgIpc) is 2.73. The van der Waals surface area contributed by atoms with Gasteiger partial charge in [-0.25, -0.2) is 0 Å². The Labute approximate surface area is 106 Å². The van der Waals surface area contributed by atoms with E-state index < -0.39 is 0 Å². The molecule has 1 aliphatic heterocycles. The Kier molecular flexibility index (Phi) is 7.04. The van der Waals surface area contributed by atoms with Crippen molar-refractivity contribution in [1.82, 2.24) is 9.80 Å². The third-order valence-corrected chi connectivity index (χ3v) is 3.67. The number of nitrogens with zero attached hydrogens (tertiary/aromatic N) is 2. The van der Waals surface area contributed by atoms with Gasteiger partial charge in [0.2, 0.25) is 0 Å². The van der Waals surface area contributed by atoms with E-state index in [1.54, 1.807) is 7.11 Å². The van der Waals surface area contributed by atoms with Crippen LogP contribution in [0.2, 0.25) is 0 Å². The van der Waals surface area contributed by atoms with Gasteiger partial charge in [0.15, 0.2) is 0 Å². The molecule has 0 saturated carbocycles. The second-order valence-corrected chi connectivity index (χ2v) is 5.19. The molecule has 2 atom stereocenters. The van der Waals surface area contributed by atoms with Crippen LogP contribution in [0.3, 0.4) is 0 Å². The van der Waals surface area contributed by atoms with Crippen molar-refractivity contribution < 1.29 is 4.74 Å². The fourth-order valence-electron chi connectivity index (χ4n) is 2.71. The molecule has 1 rings (SSSR count). The molecule has 1 fully saturated rings. The van der Waals surface area contributed by atoms with Gasteiger partial charge in [-0.15, -0.1) is 0 Å². The van der Waals surface area contributed by atoms with Crippen molar-refractivity contribution in [2.24, 2.45) is 5.73 Å². The molecule has 0 amide bonds. The molecule has 0 aliphatic carbocycles. The van der Waals surface area contributed by atoms with Crippen LogP contribution in [0.15, 0.2) is 0 Å². The number of rotatable bonds is 8. The number of nitrogens with two attached hydrogens (primary N) is 1. The number of hydrogen-bond acceptors (Lipinski definition) is 4. The zero-order chi connectivity index (χ0) is 12.7. The van der Waals surface area contributed by atoms with Crippen LogP contribution in [0, 0.1) is 0 Å². The number of hydrogen-bond donors (Lipinski definition) is 1. The lowest BCUT2D eigenvalue weighted by atomic mass is 10.1. The van der Waals surface area contributed by atoms with Gasteiger partial charge in [-0.05, 0) is 39.4 Å². The molecule has 4 nitrogen and oxygen atoms in total. The lowest BCUT2D eigenvalue weighted by Gasteiger charge is -2.29. The third-order valence-electron chi connectivity index (χ3n) is 3.67. The Bertz CT molecular complexity index is 201. The summed E-state index contributed by atoms with van der Waals surface area (Å²) in [6, 6.07) is 0.969. The normalized spacial score (nSPS) is 23.5. The first kappa shape index (κ1) is 14.9. The molecule has 0 aromatic heterocycles. The van der Waals surface area contributed by atoms with Gasteiger partial charge in [0, 0.05) is 38.9 Å². The van der Waals surface area contributed by atoms with Crippen molar-refractivity contribution in [3.63, 3.8) is 0 Å². The fraction of sp³-hybridized carbons (Fsp3) is 1.00. The van der Waals surface area contributed by atoms with Crippen molar-refractivity contribution >= 4 is 0 Å². The molecule has 102 valence electrons. The Hall–Kier alpha value is -0.160. The van der Waals surface area contributed by atoms with Gasteiger partial charge < -0.3 is 15.4 Å². The highest BCUT2D eigenvalue weighted by molar-refractivity contribution is 4.81. The molecule has 1 heterocycles. The van der Waals surface area contributed by atoms with Crippen LogP contribution in [0.25, 0.3) is 0 Å². The summed E-state index contributed by atoms with van der Waals surface area (Å²) in [5.41, 5.74) is 6.07. The Morgan fingerprint density at radius 3 is 2.94 bits per heavy atom. The van der Waals surface area contributed by atoms with Crippen molar-refractivity contribution in [2.45, 2.75) is 38.3 Å². The second-order valence-electron chi connectivity index (χ2n) is 5.19. The topological polar surface area (TPSA) is 41.7 Å². The van der Waals surface area contributed by atoms with E-state index in [-0.39, 0.29) is 6.04 Å². The van der Waals surface area contributed by atoms with Gasteiger partial charge in [-0.3, -0.25) is 4.90 Å². The van der Waals surface area contributed by atoms with E-state index in [2.05, 4.69) is 23.8 Å². The van der Waals surface area contributed by atoms with Crippen LogP contribution >= 0.6 is 0 Å². The number of likely N-dealkylation sites (N-methyl/N-ethyl adjacent to an activating group) is 2. The van der Waals surface area contributed by atoms with E-state index in [1.807, 2.05) is 0 Å². The molecule has 1 aliphatic rings. The van der Waals surface area contributed by atoms with Gasteiger partial charge in [0.1, 0.15) is 0 Å². The molecule has 17 heavy (non-hydrogen) atoms. The highest BCUT2D eigenvalue weighted by atomic mass is 16.5. The van der Waals surface area contributed by atoms with Crippen molar-refractivity contribution in [2.75, 3.05) is 46.9 Å². The average molecular weight is 243 g/mol. The summed E-state index contributed by atoms with van der Waals surface area (Å²) in [6.45, 7) is 7.58. The highest BCUT2D eigenvalue weighted by Gasteiger charge is 2.24. The highest BCUT2D eigenvalue weighted by Crippen LogP contribution is 2.17. The van der Waals surface area contributed by atoms with E-state index in [0.29, 0.717) is 0 Å². The van der Waals surface area contributed by atoms with Crippen molar-refractivity contribution in [3.05, 3.63) is 0 Å². The lowest BCUT2D eigenvalue weighted by molar-refractivity contribution is 0.166. The molecule has 0 radical (unpaired) electrons. The molecular weight excluding hydrogens is 214 g/mol. The zero-order valence-corrected chi connectivity index (χ0v) is 11.7. The minimum Gasteiger partial charge on any atom is -0.385 e. The Morgan fingerprint density at radius 2 is 2.29 bits per heavy atom. The minimum absolute atomic E-state index is 0.233. The Balaban J connectivity index is 2.21. The van der Waals surface area contributed by atoms with Gasteiger partial charge in [0.05, 0.1) is 0 Å². The van der Waals surface area contributed by atoms with Crippen molar-refractivity contribution in [3.8, 4) is 0 Å². The molecule has 1 saturated heterocycles. The van der Waals surface area contributed by atoms with Crippen LogP contribution < -0.4 is 5.73 Å². The van der Waals surface area contributed by atoms with Gasteiger partial charge in [-0.1, -0.05) is 6.92 Å². The molecule has 0 bridgehead atoms. The third kappa shape index (κ3) is 5.34. The summed E-state index contributed by atoms with van der Waals surface area (Å²) in [7, 11) is 3.91. The summed E-state index contributed by atoms with van der Waals surface area (Å²) in [5.74, 6) is 0. The summed E-state index contributed by atoms with van der Waals surface area (Å²) in [5, 5.41) is 0. The number of ether oxygens (including phenoxy) is 1. The smallest absolute Gasteiger partial charge is 0.0477 e. The van der Waals surface area contributed by atoms with Gasteiger partial charge in [-0.2, -0.15) is 0 Å². The molecule has 0 aromatic rings. The predicted molar refractivity (Wildman–Crippen MR) is 72.2 cm³/mol. The summed E-state index contributed by atoms with van der Waals surface area (Å²) in [4.78, 5) is 4.95. The second kappa shape index (κ2) is 8.03.